The van der Waals surface area contributed by atoms with Gasteiger partial charge >= 0.3 is 0 Å². The van der Waals surface area contributed by atoms with E-state index >= 15 is 0 Å². The summed E-state index contributed by atoms with van der Waals surface area (Å²) in [5.41, 5.74) is 0.236. The topological polar surface area (TPSA) is 9.23 Å². The maximum Gasteiger partial charge on any atom is 0.0950 e. The van der Waals surface area contributed by atoms with Gasteiger partial charge in [0.25, 0.3) is 0 Å². The van der Waals surface area contributed by atoms with Crippen LogP contribution in [0.1, 0.15) is 27.2 Å². The van der Waals surface area contributed by atoms with Crippen LogP contribution in [0.3, 0.4) is 0 Å². The van der Waals surface area contributed by atoms with E-state index in [1.54, 1.807) is 0 Å². The van der Waals surface area contributed by atoms with E-state index in [2.05, 4.69) is 27.4 Å². The standard InChI is InChI=1S/C9H16O/c1-5-9(4)7(2)6-10-8(9)3/h7H,3,5-6H2,1-2,4H3. The van der Waals surface area contributed by atoms with E-state index in [-0.39, 0.29) is 5.41 Å². The summed E-state index contributed by atoms with van der Waals surface area (Å²) >= 11 is 0. The van der Waals surface area contributed by atoms with Crippen LogP contribution < -0.4 is 0 Å². The summed E-state index contributed by atoms with van der Waals surface area (Å²) in [4.78, 5) is 0. The highest BCUT2D eigenvalue weighted by atomic mass is 16.5. The van der Waals surface area contributed by atoms with Crippen LogP contribution in [0, 0.1) is 11.3 Å². The fourth-order valence-electron chi connectivity index (χ4n) is 1.39. The molecule has 0 aromatic carbocycles. The van der Waals surface area contributed by atoms with Crippen LogP contribution in [0.25, 0.3) is 0 Å². The molecule has 0 aromatic rings. The molecule has 1 heterocycles. The van der Waals surface area contributed by atoms with Crippen LogP contribution in [0.15, 0.2) is 12.3 Å². The van der Waals surface area contributed by atoms with E-state index in [4.69, 9.17) is 4.74 Å². The lowest BCUT2D eigenvalue weighted by Gasteiger charge is -2.24. The highest BCUT2D eigenvalue weighted by molar-refractivity contribution is 5.07. The third-order valence-corrected chi connectivity index (χ3v) is 2.97. The number of allylic oxidation sites excluding steroid dienone is 1. The monoisotopic (exact) mass is 140 g/mol. The molecule has 1 nitrogen and oxygen atoms in total. The van der Waals surface area contributed by atoms with Crippen molar-refractivity contribution in [2.45, 2.75) is 27.2 Å². The molecule has 1 saturated heterocycles. The van der Waals surface area contributed by atoms with Crippen molar-refractivity contribution in [1.29, 1.82) is 0 Å². The molecule has 0 radical (unpaired) electrons. The normalized spacial score (nSPS) is 39.9. The first-order valence-electron chi connectivity index (χ1n) is 3.93. The fourth-order valence-corrected chi connectivity index (χ4v) is 1.39. The molecule has 2 unspecified atom stereocenters. The van der Waals surface area contributed by atoms with Crippen molar-refractivity contribution in [3.63, 3.8) is 0 Å². The Morgan fingerprint density at radius 3 is 2.60 bits per heavy atom. The number of ether oxygens (including phenoxy) is 1. The Morgan fingerprint density at radius 2 is 2.40 bits per heavy atom. The summed E-state index contributed by atoms with van der Waals surface area (Å²) in [5.74, 6) is 1.60. The first-order valence-corrected chi connectivity index (χ1v) is 3.93. The molecular formula is C9H16O. The molecule has 0 aliphatic carbocycles. The molecule has 0 aromatic heterocycles. The van der Waals surface area contributed by atoms with Gasteiger partial charge in [0.15, 0.2) is 0 Å². The lowest BCUT2D eigenvalue weighted by Crippen LogP contribution is -2.20. The van der Waals surface area contributed by atoms with Gasteiger partial charge in [-0.2, -0.15) is 0 Å². The maximum atomic E-state index is 5.38. The summed E-state index contributed by atoms with van der Waals surface area (Å²) in [6.45, 7) is 11.4. The lowest BCUT2D eigenvalue weighted by molar-refractivity contribution is 0.244. The van der Waals surface area contributed by atoms with E-state index in [9.17, 15) is 0 Å². The summed E-state index contributed by atoms with van der Waals surface area (Å²) in [6, 6.07) is 0. The van der Waals surface area contributed by atoms with Gasteiger partial charge in [0.2, 0.25) is 0 Å². The minimum atomic E-state index is 0.236. The Labute approximate surface area is 63.1 Å². The van der Waals surface area contributed by atoms with Crippen LogP contribution in [0.2, 0.25) is 0 Å². The van der Waals surface area contributed by atoms with Crippen LogP contribution in [0.5, 0.6) is 0 Å². The molecule has 1 heteroatoms. The molecule has 0 amide bonds. The Bertz CT molecular complexity index is 151. The van der Waals surface area contributed by atoms with Crippen molar-refractivity contribution in [3.05, 3.63) is 12.3 Å². The van der Waals surface area contributed by atoms with Gasteiger partial charge in [0.1, 0.15) is 0 Å². The van der Waals surface area contributed by atoms with E-state index < -0.39 is 0 Å². The second-order valence-electron chi connectivity index (χ2n) is 3.41. The Kier molecular flexibility index (Phi) is 1.76. The van der Waals surface area contributed by atoms with Crippen molar-refractivity contribution in [2.24, 2.45) is 11.3 Å². The average Bonchev–Trinajstić information content (AvgIpc) is 2.18. The molecule has 10 heavy (non-hydrogen) atoms. The van der Waals surface area contributed by atoms with Crippen LogP contribution >= 0.6 is 0 Å². The first-order chi connectivity index (χ1) is 4.61. The smallest absolute Gasteiger partial charge is 0.0950 e. The highest BCUT2D eigenvalue weighted by Crippen LogP contribution is 2.43. The summed E-state index contributed by atoms with van der Waals surface area (Å²) in [5, 5.41) is 0. The highest BCUT2D eigenvalue weighted by Gasteiger charge is 2.39. The fraction of sp³-hybridized carbons (Fsp3) is 0.778. The average molecular weight is 140 g/mol. The van der Waals surface area contributed by atoms with Gasteiger partial charge in [-0.1, -0.05) is 27.4 Å². The zero-order valence-corrected chi connectivity index (χ0v) is 7.11. The predicted molar refractivity (Wildman–Crippen MR) is 42.7 cm³/mol. The minimum Gasteiger partial charge on any atom is -0.498 e. The van der Waals surface area contributed by atoms with Gasteiger partial charge in [0.05, 0.1) is 12.4 Å². The summed E-state index contributed by atoms with van der Waals surface area (Å²) in [7, 11) is 0. The van der Waals surface area contributed by atoms with Gasteiger partial charge in [-0.05, 0) is 6.42 Å². The van der Waals surface area contributed by atoms with E-state index in [0.717, 1.165) is 18.8 Å². The molecule has 0 bridgehead atoms. The Balaban J connectivity index is 2.80. The molecule has 0 saturated carbocycles. The van der Waals surface area contributed by atoms with Crippen molar-refractivity contribution in [2.75, 3.05) is 6.61 Å². The molecular weight excluding hydrogens is 124 g/mol. The summed E-state index contributed by atoms with van der Waals surface area (Å²) < 4.78 is 5.38. The third kappa shape index (κ3) is 0.845. The van der Waals surface area contributed by atoms with E-state index in [1.807, 2.05) is 0 Å². The third-order valence-electron chi connectivity index (χ3n) is 2.97. The quantitative estimate of drug-likeness (QED) is 0.544. The van der Waals surface area contributed by atoms with Gasteiger partial charge < -0.3 is 4.74 Å². The van der Waals surface area contributed by atoms with Crippen LogP contribution in [0.4, 0.5) is 0 Å². The summed E-state index contributed by atoms with van der Waals surface area (Å²) in [6.07, 6.45) is 1.13. The van der Waals surface area contributed by atoms with Crippen LogP contribution in [-0.4, -0.2) is 6.61 Å². The van der Waals surface area contributed by atoms with Gasteiger partial charge in [0, 0.05) is 11.3 Å². The largest absolute Gasteiger partial charge is 0.498 e. The number of rotatable bonds is 1. The van der Waals surface area contributed by atoms with Gasteiger partial charge in [-0.15, -0.1) is 0 Å². The van der Waals surface area contributed by atoms with Crippen LogP contribution in [-0.2, 0) is 4.74 Å². The van der Waals surface area contributed by atoms with Gasteiger partial charge in [-0.25, -0.2) is 0 Å². The molecule has 2 atom stereocenters. The Morgan fingerprint density at radius 1 is 1.80 bits per heavy atom. The molecule has 0 spiro atoms. The number of hydrogen-bond donors (Lipinski definition) is 0. The zero-order chi connectivity index (χ0) is 7.78. The van der Waals surface area contributed by atoms with E-state index in [0.29, 0.717) is 5.92 Å². The minimum absolute atomic E-state index is 0.236. The van der Waals surface area contributed by atoms with Crippen molar-refractivity contribution >= 4 is 0 Å². The molecule has 1 aliphatic heterocycles. The molecule has 1 rings (SSSR count). The SMILES string of the molecule is C=C1OCC(C)C1(C)CC. The second-order valence-corrected chi connectivity index (χ2v) is 3.41. The number of hydrogen-bond acceptors (Lipinski definition) is 1. The van der Waals surface area contributed by atoms with Gasteiger partial charge in [-0.3, -0.25) is 0 Å². The van der Waals surface area contributed by atoms with Crippen molar-refractivity contribution in [1.82, 2.24) is 0 Å². The molecule has 0 N–H and O–H groups in total. The van der Waals surface area contributed by atoms with Crippen molar-refractivity contribution < 1.29 is 4.74 Å². The van der Waals surface area contributed by atoms with Crippen molar-refractivity contribution in [3.8, 4) is 0 Å². The van der Waals surface area contributed by atoms with E-state index in [1.165, 1.54) is 0 Å². The molecule has 1 fully saturated rings. The molecule has 1 aliphatic rings. The first kappa shape index (κ1) is 7.64. The zero-order valence-electron chi connectivity index (χ0n) is 7.11. The molecule has 58 valence electrons. The maximum absolute atomic E-state index is 5.38. The lowest BCUT2D eigenvalue weighted by atomic mass is 9.77. The Hall–Kier alpha value is -0.460. The predicted octanol–water partition coefficient (Wildman–Crippen LogP) is 2.58. The second kappa shape index (κ2) is 2.30.